The highest BCUT2D eigenvalue weighted by Gasteiger charge is 2.34. The van der Waals surface area contributed by atoms with Crippen molar-refractivity contribution >= 4 is 17.5 Å². The minimum absolute atomic E-state index is 0.0706. The number of alkyl halides is 6. The van der Waals surface area contributed by atoms with Gasteiger partial charge in [0.15, 0.2) is 0 Å². The van der Waals surface area contributed by atoms with E-state index in [1.165, 1.54) is 35.2 Å². The Morgan fingerprint density at radius 1 is 1.15 bits per heavy atom. The van der Waals surface area contributed by atoms with Gasteiger partial charge in [-0.3, -0.25) is 14.5 Å². The molecule has 3 rings (SSSR count). The van der Waals surface area contributed by atoms with Crippen molar-refractivity contribution in [3.8, 4) is 5.75 Å². The highest BCUT2D eigenvalue weighted by Crippen LogP contribution is 2.32. The number of benzene rings is 2. The number of amides is 2. The third kappa shape index (κ3) is 9.09. The number of aliphatic hydroxyl groups is 1. The van der Waals surface area contributed by atoms with E-state index < -0.39 is 54.7 Å². The Morgan fingerprint density at radius 3 is 2.39 bits per heavy atom. The van der Waals surface area contributed by atoms with E-state index >= 15 is 0 Å². The van der Waals surface area contributed by atoms with Crippen molar-refractivity contribution in [1.82, 2.24) is 9.80 Å². The molecule has 0 unspecified atom stereocenters. The van der Waals surface area contributed by atoms with E-state index in [1.807, 2.05) is 11.8 Å². The molecule has 0 bridgehead atoms. The summed E-state index contributed by atoms with van der Waals surface area (Å²) in [4.78, 5) is 28.9. The lowest BCUT2D eigenvalue weighted by atomic mass is 9.99. The van der Waals surface area contributed by atoms with Gasteiger partial charge in [-0.15, -0.1) is 0 Å². The Hall–Kier alpha value is -3.32. The van der Waals surface area contributed by atoms with Crippen LogP contribution in [0.5, 0.6) is 5.75 Å². The fraction of sp³-hybridized carbons (Fsp3) is 0.500. The number of hydrogen-bond donors (Lipinski definition) is 2. The molecule has 0 fully saturated rings. The Bertz CT molecular complexity index is 1200. The topological polar surface area (TPSA) is 82.1 Å². The van der Waals surface area contributed by atoms with Crippen molar-refractivity contribution in [2.24, 2.45) is 5.92 Å². The van der Waals surface area contributed by atoms with E-state index in [0.29, 0.717) is 18.7 Å². The lowest BCUT2D eigenvalue weighted by Crippen LogP contribution is -2.49. The van der Waals surface area contributed by atoms with Gasteiger partial charge in [0.05, 0.1) is 30.2 Å². The number of likely N-dealkylation sites (N-methyl/N-ethyl adjacent to an activating group) is 1. The van der Waals surface area contributed by atoms with Crippen LogP contribution in [0.25, 0.3) is 0 Å². The fourth-order valence-electron chi connectivity index (χ4n) is 4.48. The molecule has 0 aromatic heterocycles. The van der Waals surface area contributed by atoms with Crippen LogP contribution in [0.4, 0.5) is 32.0 Å². The van der Waals surface area contributed by atoms with Gasteiger partial charge in [0.25, 0.3) is 5.91 Å². The van der Waals surface area contributed by atoms with Gasteiger partial charge in [-0.2, -0.15) is 26.3 Å². The minimum atomic E-state index is -4.49. The van der Waals surface area contributed by atoms with Gasteiger partial charge < -0.3 is 20.1 Å². The predicted octanol–water partition coefficient (Wildman–Crippen LogP) is 5.34. The molecular weight excluding hydrogens is 556 g/mol. The molecule has 2 aromatic carbocycles. The second-order valence-corrected chi connectivity index (χ2v) is 10.4. The van der Waals surface area contributed by atoms with Crippen molar-refractivity contribution in [3.63, 3.8) is 0 Å². The van der Waals surface area contributed by atoms with Crippen LogP contribution in [-0.2, 0) is 17.5 Å². The molecule has 2 aromatic rings. The maximum Gasteiger partial charge on any atom is 0.416 e. The molecule has 7 nitrogen and oxygen atoms in total. The SMILES string of the molecule is C[C@@H]1CN([C@@H](C)CO)C(=O)c2cc(NC(=O)CCC(F)(F)F)ccc2O[C@@H]1CN(C)Cc1ccc(C(F)(F)F)cc1. The molecule has 13 heteroatoms. The number of anilines is 1. The Balaban J connectivity index is 1.82. The maximum absolute atomic E-state index is 13.5. The number of rotatable bonds is 9. The molecule has 3 atom stereocenters. The smallest absolute Gasteiger partial charge is 0.416 e. The normalized spacial score (nSPS) is 18.8. The second-order valence-electron chi connectivity index (χ2n) is 10.4. The van der Waals surface area contributed by atoms with Crippen LogP contribution < -0.4 is 10.1 Å². The van der Waals surface area contributed by atoms with Crippen molar-refractivity contribution in [2.75, 3.05) is 32.1 Å². The van der Waals surface area contributed by atoms with Gasteiger partial charge in [0, 0.05) is 37.7 Å². The van der Waals surface area contributed by atoms with Crippen molar-refractivity contribution in [2.45, 2.75) is 57.7 Å². The van der Waals surface area contributed by atoms with Crippen LogP contribution >= 0.6 is 0 Å². The molecule has 2 N–H and O–H groups in total. The fourth-order valence-corrected chi connectivity index (χ4v) is 4.48. The maximum atomic E-state index is 13.5. The molecule has 1 aliphatic rings. The first-order valence-corrected chi connectivity index (χ1v) is 13.0. The molecular formula is C28H33F6N3O4. The molecule has 226 valence electrons. The number of halogens is 6. The molecule has 41 heavy (non-hydrogen) atoms. The average molecular weight is 590 g/mol. The number of nitrogens with one attached hydrogen (secondary N) is 1. The summed E-state index contributed by atoms with van der Waals surface area (Å²) in [5, 5.41) is 12.2. The van der Waals surface area contributed by atoms with E-state index in [4.69, 9.17) is 4.74 Å². The van der Waals surface area contributed by atoms with Gasteiger partial charge in [-0.25, -0.2) is 0 Å². The van der Waals surface area contributed by atoms with E-state index in [9.17, 15) is 41.0 Å². The van der Waals surface area contributed by atoms with Gasteiger partial charge in [-0.05, 0) is 49.9 Å². The number of carbonyl (C=O) groups excluding carboxylic acids is 2. The third-order valence-electron chi connectivity index (χ3n) is 6.81. The first-order chi connectivity index (χ1) is 19.1. The molecule has 1 heterocycles. The molecule has 0 aliphatic carbocycles. The molecule has 0 radical (unpaired) electrons. The zero-order chi connectivity index (χ0) is 30.5. The monoisotopic (exact) mass is 589 g/mol. The third-order valence-corrected chi connectivity index (χ3v) is 6.81. The van der Waals surface area contributed by atoms with Gasteiger partial charge >= 0.3 is 12.4 Å². The minimum Gasteiger partial charge on any atom is -0.488 e. The zero-order valence-electron chi connectivity index (χ0n) is 22.9. The second kappa shape index (κ2) is 13.1. The van der Waals surface area contributed by atoms with Crippen LogP contribution in [0.2, 0.25) is 0 Å². The van der Waals surface area contributed by atoms with E-state index in [1.54, 1.807) is 14.0 Å². The molecule has 0 saturated heterocycles. The van der Waals surface area contributed by atoms with Crippen LogP contribution in [0.3, 0.4) is 0 Å². The Morgan fingerprint density at radius 2 is 1.80 bits per heavy atom. The van der Waals surface area contributed by atoms with Crippen LogP contribution in [0.15, 0.2) is 42.5 Å². The van der Waals surface area contributed by atoms with E-state index in [-0.39, 0.29) is 36.1 Å². The zero-order valence-corrected chi connectivity index (χ0v) is 22.9. The van der Waals surface area contributed by atoms with E-state index in [0.717, 1.165) is 12.1 Å². The summed E-state index contributed by atoms with van der Waals surface area (Å²) in [5.74, 6) is -1.37. The van der Waals surface area contributed by atoms with Gasteiger partial charge in [-0.1, -0.05) is 19.1 Å². The van der Waals surface area contributed by atoms with Crippen molar-refractivity contribution < 1.29 is 45.8 Å². The summed E-state index contributed by atoms with van der Waals surface area (Å²) in [6.45, 7) is 4.10. The molecule has 0 spiro atoms. The number of ether oxygens (including phenoxy) is 1. The highest BCUT2D eigenvalue weighted by atomic mass is 19.4. The largest absolute Gasteiger partial charge is 0.488 e. The quantitative estimate of drug-likeness (QED) is 0.386. The lowest BCUT2D eigenvalue weighted by Gasteiger charge is -2.38. The lowest BCUT2D eigenvalue weighted by molar-refractivity contribution is -0.142. The number of aliphatic hydroxyl groups excluding tert-OH is 1. The van der Waals surface area contributed by atoms with Crippen LogP contribution in [-0.4, -0.2) is 71.8 Å². The standard InChI is InChI=1S/C28H33F6N3O4/c1-17-13-37(18(2)16-38)26(40)22-12-21(35-25(39)10-11-27(29,30)31)8-9-23(22)41-24(17)15-36(3)14-19-4-6-20(7-5-19)28(32,33)34/h4-9,12,17-18,24,38H,10-11,13-16H2,1-3H3,(H,35,39)/t17-,18+,24-/m1/s1. The first-order valence-electron chi connectivity index (χ1n) is 13.0. The summed E-state index contributed by atoms with van der Waals surface area (Å²) in [7, 11) is 1.78. The van der Waals surface area contributed by atoms with Gasteiger partial charge in [0.1, 0.15) is 11.9 Å². The number of hydrogen-bond acceptors (Lipinski definition) is 5. The number of nitrogens with zero attached hydrogens (tertiary/aromatic N) is 2. The summed E-state index contributed by atoms with van der Waals surface area (Å²) in [6.07, 6.45) is -11.5. The average Bonchev–Trinajstić information content (AvgIpc) is 2.88. The van der Waals surface area contributed by atoms with Gasteiger partial charge in [0.2, 0.25) is 5.91 Å². The predicted molar refractivity (Wildman–Crippen MR) is 139 cm³/mol. The van der Waals surface area contributed by atoms with Crippen molar-refractivity contribution in [3.05, 3.63) is 59.2 Å². The number of carbonyl (C=O) groups is 2. The number of fused-ring (bicyclic) bond motifs is 1. The summed E-state index contributed by atoms with van der Waals surface area (Å²) < 4.78 is 82.4. The van der Waals surface area contributed by atoms with Crippen LogP contribution in [0, 0.1) is 5.92 Å². The van der Waals surface area contributed by atoms with Crippen molar-refractivity contribution in [1.29, 1.82) is 0 Å². The Kier molecular flexibility index (Phi) is 10.3. The Labute approximate surface area is 234 Å². The summed E-state index contributed by atoms with van der Waals surface area (Å²) in [6, 6.07) is 8.50. The summed E-state index contributed by atoms with van der Waals surface area (Å²) in [5.41, 5.74) is 0.113. The summed E-state index contributed by atoms with van der Waals surface area (Å²) >= 11 is 0. The van der Waals surface area contributed by atoms with Crippen LogP contribution in [0.1, 0.15) is 48.2 Å². The van der Waals surface area contributed by atoms with E-state index in [2.05, 4.69) is 5.32 Å². The molecule has 1 aliphatic heterocycles. The first kappa shape index (κ1) is 32.2. The molecule has 0 saturated carbocycles. The highest BCUT2D eigenvalue weighted by molar-refractivity contribution is 5.99. The molecule has 2 amide bonds.